The highest BCUT2D eigenvalue weighted by molar-refractivity contribution is 8.23. The zero-order valence-electron chi connectivity index (χ0n) is 9.07. The van der Waals surface area contributed by atoms with Crippen molar-refractivity contribution < 1.29 is 27.9 Å². The van der Waals surface area contributed by atoms with Gasteiger partial charge in [0.2, 0.25) is 5.91 Å². The first kappa shape index (κ1) is 15.2. The summed E-state index contributed by atoms with van der Waals surface area (Å²) in [7, 11) is 0. The lowest BCUT2D eigenvalue weighted by molar-refractivity contribution is -0.180. The lowest BCUT2D eigenvalue weighted by Gasteiger charge is -2.24. The number of nitrogens with zero attached hydrogens (tertiary/aromatic N) is 1. The van der Waals surface area contributed by atoms with Gasteiger partial charge in [0.15, 0.2) is 0 Å². The molecule has 1 saturated heterocycles. The van der Waals surface area contributed by atoms with E-state index in [2.05, 4.69) is 0 Å². The Bertz CT molecular complexity index is 357. The Morgan fingerprint density at radius 1 is 1.56 bits per heavy atom. The number of alkyl halides is 3. The summed E-state index contributed by atoms with van der Waals surface area (Å²) >= 11 is 5.79. The number of carbonyl (C=O) groups excluding carboxylic acids is 1. The average molecular weight is 301 g/mol. The number of amides is 1. The Kier molecular flexibility index (Phi) is 4.97. The second kappa shape index (κ2) is 5.87. The summed E-state index contributed by atoms with van der Waals surface area (Å²) < 4.78 is 38.2. The van der Waals surface area contributed by atoms with Crippen LogP contribution in [-0.2, 0) is 9.59 Å². The molecule has 102 valence electrons. The smallest absolute Gasteiger partial charge is 0.393 e. The molecule has 1 fully saturated rings. The number of aliphatic carboxylic acids is 1. The third-order valence-corrected chi connectivity index (χ3v) is 3.85. The molecule has 0 radical (unpaired) electrons. The van der Waals surface area contributed by atoms with Gasteiger partial charge < -0.3 is 5.11 Å². The lowest BCUT2D eigenvalue weighted by Crippen LogP contribution is -2.39. The van der Waals surface area contributed by atoms with E-state index in [4.69, 9.17) is 17.3 Å². The number of hydrogen-bond acceptors (Lipinski definition) is 4. The summed E-state index contributed by atoms with van der Waals surface area (Å²) in [5.74, 6) is -3.58. The van der Waals surface area contributed by atoms with Crippen LogP contribution in [0, 0.1) is 5.92 Å². The number of thiocarbonyl (C=S) groups is 1. The van der Waals surface area contributed by atoms with E-state index < -0.39 is 43.4 Å². The van der Waals surface area contributed by atoms with E-state index in [9.17, 15) is 22.8 Å². The Morgan fingerprint density at radius 2 is 2.17 bits per heavy atom. The van der Waals surface area contributed by atoms with Gasteiger partial charge in [-0.15, -0.1) is 0 Å². The zero-order valence-corrected chi connectivity index (χ0v) is 10.7. The molecule has 1 rings (SSSR count). The second-order valence-electron chi connectivity index (χ2n) is 3.73. The number of thioether (sulfide) groups is 1. The highest BCUT2D eigenvalue weighted by Gasteiger charge is 2.42. The molecule has 0 aromatic carbocycles. The van der Waals surface area contributed by atoms with Gasteiger partial charge in [0, 0.05) is 13.0 Å². The number of hydrogen-bond donors (Lipinski definition) is 1. The lowest BCUT2D eigenvalue weighted by atomic mass is 10.0. The van der Waals surface area contributed by atoms with E-state index in [1.54, 1.807) is 0 Å². The number of carbonyl (C=O) groups is 2. The van der Waals surface area contributed by atoms with Gasteiger partial charge in [0.25, 0.3) is 0 Å². The highest BCUT2D eigenvalue weighted by Crippen LogP contribution is 2.32. The van der Waals surface area contributed by atoms with Gasteiger partial charge in [-0.25, -0.2) is 0 Å². The minimum absolute atomic E-state index is 0.0440. The van der Waals surface area contributed by atoms with Crippen LogP contribution in [-0.4, -0.2) is 44.7 Å². The molecule has 1 N–H and O–H groups in total. The predicted molar refractivity (Wildman–Crippen MR) is 63.2 cm³/mol. The number of carboxylic acid groups (broad SMARTS) is 1. The van der Waals surface area contributed by atoms with Crippen molar-refractivity contribution in [2.75, 3.05) is 12.3 Å². The van der Waals surface area contributed by atoms with Crippen molar-refractivity contribution in [1.29, 1.82) is 0 Å². The average Bonchev–Trinajstić information content (AvgIpc) is 2.52. The maximum Gasteiger partial charge on any atom is 0.393 e. The molecule has 0 aromatic rings. The predicted octanol–water partition coefficient (Wildman–Crippen LogP) is 1.89. The summed E-state index contributed by atoms with van der Waals surface area (Å²) in [4.78, 5) is 22.5. The molecule has 1 unspecified atom stereocenters. The Hall–Kier alpha value is -0.830. The fourth-order valence-electron chi connectivity index (χ4n) is 1.43. The van der Waals surface area contributed by atoms with Crippen LogP contribution in [0.3, 0.4) is 0 Å². The van der Waals surface area contributed by atoms with E-state index in [0.717, 1.165) is 16.7 Å². The third kappa shape index (κ3) is 4.13. The van der Waals surface area contributed by atoms with Gasteiger partial charge in [0.1, 0.15) is 4.32 Å². The fraction of sp³-hybridized carbons (Fsp3) is 0.667. The van der Waals surface area contributed by atoms with Crippen LogP contribution in [0.1, 0.15) is 12.8 Å². The van der Waals surface area contributed by atoms with E-state index in [1.807, 2.05) is 0 Å². The van der Waals surface area contributed by atoms with Gasteiger partial charge >= 0.3 is 12.1 Å². The summed E-state index contributed by atoms with van der Waals surface area (Å²) in [6.07, 6.45) is -5.69. The molecule has 1 aliphatic heterocycles. The van der Waals surface area contributed by atoms with Crippen molar-refractivity contribution >= 4 is 40.2 Å². The van der Waals surface area contributed by atoms with Gasteiger partial charge in [-0.1, -0.05) is 24.0 Å². The second-order valence-corrected chi connectivity index (χ2v) is 5.34. The zero-order chi connectivity index (χ0) is 13.9. The van der Waals surface area contributed by atoms with Gasteiger partial charge in [0.05, 0.1) is 11.7 Å². The fourth-order valence-corrected chi connectivity index (χ4v) is 2.52. The van der Waals surface area contributed by atoms with Crippen LogP contribution in [0.4, 0.5) is 13.2 Å². The van der Waals surface area contributed by atoms with Crippen molar-refractivity contribution in [2.45, 2.75) is 19.0 Å². The topological polar surface area (TPSA) is 57.6 Å². The quantitative estimate of drug-likeness (QED) is 0.786. The first-order chi connectivity index (χ1) is 8.21. The van der Waals surface area contributed by atoms with Crippen molar-refractivity contribution in [3.63, 3.8) is 0 Å². The molecule has 1 amide bonds. The minimum Gasteiger partial charge on any atom is -0.481 e. The molecule has 1 atom stereocenters. The number of carboxylic acids is 1. The molecule has 1 heterocycles. The van der Waals surface area contributed by atoms with Crippen LogP contribution in [0.2, 0.25) is 0 Å². The number of rotatable bonds is 5. The first-order valence-electron chi connectivity index (χ1n) is 4.97. The summed E-state index contributed by atoms with van der Waals surface area (Å²) in [5, 5.41) is 8.42. The molecule has 9 heteroatoms. The standard InChI is InChI=1S/C9H10F3NO3S2/c10-9(11,12)5(1-2-7(15)16)3-13-6(14)4-18-8(13)17/h5H,1-4H2,(H,15,16). The van der Waals surface area contributed by atoms with Crippen molar-refractivity contribution in [3.8, 4) is 0 Å². The van der Waals surface area contributed by atoms with Gasteiger partial charge in [-0.2, -0.15) is 13.2 Å². The molecule has 0 saturated carbocycles. The minimum atomic E-state index is -4.54. The monoisotopic (exact) mass is 301 g/mol. The van der Waals surface area contributed by atoms with E-state index in [1.165, 1.54) is 0 Å². The molecule has 4 nitrogen and oxygen atoms in total. The van der Waals surface area contributed by atoms with Crippen LogP contribution >= 0.6 is 24.0 Å². The van der Waals surface area contributed by atoms with Gasteiger partial charge in [-0.3, -0.25) is 14.5 Å². The van der Waals surface area contributed by atoms with Crippen LogP contribution in [0.5, 0.6) is 0 Å². The maximum atomic E-state index is 12.7. The Labute approximate surface area is 111 Å². The Balaban J connectivity index is 2.69. The van der Waals surface area contributed by atoms with Crippen molar-refractivity contribution in [3.05, 3.63) is 0 Å². The summed E-state index contributed by atoms with van der Waals surface area (Å²) in [6, 6.07) is 0. The molecule has 0 aromatic heterocycles. The molecule has 0 spiro atoms. The first-order valence-corrected chi connectivity index (χ1v) is 6.37. The molecular weight excluding hydrogens is 291 g/mol. The summed E-state index contributed by atoms with van der Waals surface area (Å²) in [6.45, 7) is -0.596. The molecule has 1 aliphatic rings. The molecule has 18 heavy (non-hydrogen) atoms. The Morgan fingerprint density at radius 3 is 2.56 bits per heavy atom. The highest BCUT2D eigenvalue weighted by atomic mass is 32.2. The van der Waals surface area contributed by atoms with Crippen LogP contribution in [0.25, 0.3) is 0 Å². The normalized spacial score (nSPS) is 18.3. The largest absolute Gasteiger partial charge is 0.481 e. The molecule has 0 aliphatic carbocycles. The van der Waals surface area contributed by atoms with E-state index in [-0.39, 0.29) is 10.1 Å². The van der Waals surface area contributed by atoms with E-state index in [0.29, 0.717) is 0 Å². The molecular formula is C9H10F3NO3S2. The molecule has 0 bridgehead atoms. The SMILES string of the molecule is O=C(O)CCC(CN1C(=O)CSC1=S)C(F)(F)F. The maximum absolute atomic E-state index is 12.7. The van der Waals surface area contributed by atoms with E-state index >= 15 is 0 Å². The van der Waals surface area contributed by atoms with Crippen LogP contribution in [0.15, 0.2) is 0 Å². The van der Waals surface area contributed by atoms with Gasteiger partial charge in [-0.05, 0) is 6.42 Å². The third-order valence-electron chi connectivity index (χ3n) is 2.41. The van der Waals surface area contributed by atoms with Crippen LogP contribution < -0.4 is 0 Å². The summed E-state index contributed by atoms with van der Waals surface area (Å²) in [5.41, 5.74) is 0. The van der Waals surface area contributed by atoms with Crippen molar-refractivity contribution in [2.24, 2.45) is 5.92 Å². The number of halogens is 3. The van der Waals surface area contributed by atoms with Crippen molar-refractivity contribution in [1.82, 2.24) is 4.90 Å².